The first kappa shape index (κ1) is 13.1. The van der Waals surface area contributed by atoms with Gasteiger partial charge in [-0.05, 0) is 24.2 Å². The van der Waals surface area contributed by atoms with Crippen LogP contribution in [0.4, 0.5) is 5.69 Å². The third-order valence-electron chi connectivity index (χ3n) is 2.60. The quantitative estimate of drug-likeness (QED) is 0.648. The molecule has 6 nitrogen and oxygen atoms in total. The Morgan fingerprint density at radius 1 is 1.37 bits per heavy atom. The Morgan fingerprint density at radius 3 is 2.89 bits per heavy atom. The van der Waals surface area contributed by atoms with Crippen LogP contribution in [0.15, 0.2) is 35.3 Å². The fraction of sp³-hybridized carbons (Fsp3) is 0.231. The highest BCUT2D eigenvalue weighted by Crippen LogP contribution is 2.11. The molecule has 0 aliphatic carbocycles. The van der Waals surface area contributed by atoms with Crippen LogP contribution in [0.3, 0.4) is 0 Å². The molecule has 0 bridgehead atoms. The molecule has 1 aromatic heterocycles. The molecule has 1 aromatic carbocycles. The Bertz CT molecular complexity index is 615. The van der Waals surface area contributed by atoms with Crippen molar-refractivity contribution in [1.29, 1.82) is 0 Å². The first-order chi connectivity index (χ1) is 9.19. The van der Waals surface area contributed by atoms with Gasteiger partial charge in [0.05, 0.1) is 0 Å². The largest absolute Gasteiger partial charge is 0.323 e. The second-order valence-corrected chi connectivity index (χ2v) is 4.09. The summed E-state index contributed by atoms with van der Waals surface area (Å²) in [6.07, 6.45) is 1.35. The van der Waals surface area contributed by atoms with Crippen molar-refractivity contribution in [2.75, 3.05) is 11.9 Å². The molecular weight excluding hydrogens is 244 g/mol. The van der Waals surface area contributed by atoms with E-state index in [4.69, 9.17) is 0 Å². The molecule has 0 spiro atoms. The highest BCUT2D eigenvalue weighted by molar-refractivity contribution is 6.02. The second kappa shape index (κ2) is 6.01. The SMILES string of the molecule is CCNCc1cccc(NC(=O)c2c[nH]c(=O)[nH]2)c1. The van der Waals surface area contributed by atoms with Crippen molar-refractivity contribution in [3.63, 3.8) is 0 Å². The van der Waals surface area contributed by atoms with Gasteiger partial charge in [-0.15, -0.1) is 0 Å². The molecular formula is C13H16N4O2. The summed E-state index contributed by atoms with van der Waals surface area (Å²) < 4.78 is 0. The molecule has 0 atom stereocenters. The lowest BCUT2D eigenvalue weighted by Crippen LogP contribution is -2.15. The number of nitrogens with one attached hydrogen (secondary N) is 4. The number of carbonyl (C=O) groups excluding carboxylic acids is 1. The van der Waals surface area contributed by atoms with E-state index in [9.17, 15) is 9.59 Å². The smallest absolute Gasteiger partial charge is 0.321 e. The number of carbonyl (C=O) groups is 1. The van der Waals surface area contributed by atoms with Crippen LogP contribution in [-0.4, -0.2) is 22.4 Å². The van der Waals surface area contributed by atoms with Gasteiger partial charge >= 0.3 is 5.69 Å². The van der Waals surface area contributed by atoms with Gasteiger partial charge < -0.3 is 20.6 Å². The molecule has 0 radical (unpaired) electrons. The topological polar surface area (TPSA) is 89.8 Å². The lowest BCUT2D eigenvalue weighted by molar-refractivity contribution is 0.102. The number of imidazole rings is 1. The zero-order chi connectivity index (χ0) is 13.7. The second-order valence-electron chi connectivity index (χ2n) is 4.09. The zero-order valence-corrected chi connectivity index (χ0v) is 10.6. The minimum Gasteiger partial charge on any atom is -0.321 e. The standard InChI is InChI=1S/C13H16N4O2/c1-2-14-7-9-4-3-5-10(6-9)16-12(18)11-8-15-13(19)17-11/h3-6,8,14H,2,7H2,1H3,(H,16,18)(H2,15,17,19). The van der Waals surface area contributed by atoms with E-state index in [1.165, 1.54) is 6.20 Å². The summed E-state index contributed by atoms with van der Waals surface area (Å²) in [6, 6.07) is 7.56. The molecule has 4 N–H and O–H groups in total. The molecule has 0 fully saturated rings. The summed E-state index contributed by atoms with van der Waals surface area (Å²) in [4.78, 5) is 27.6. The molecule has 0 saturated carbocycles. The van der Waals surface area contributed by atoms with Crippen LogP contribution >= 0.6 is 0 Å². The molecule has 0 aliphatic heterocycles. The summed E-state index contributed by atoms with van der Waals surface area (Å²) >= 11 is 0. The number of hydrogen-bond acceptors (Lipinski definition) is 3. The number of hydrogen-bond donors (Lipinski definition) is 4. The first-order valence-corrected chi connectivity index (χ1v) is 6.07. The molecule has 0 unspecified atom stereocenters. The molecule has 6 heteroatoms. The fourth-order valence-electron chi connectivity index (χ4n) is 1.68. The van der Waals surface area contributed by atoms with Crippen molar-refractivity contribution in [1.82, 2.24) is 15.3 Å². The fourth-order valence-corrected chi connectivity index (χ4v) is 1.68. The van der Waals surface area contributed by atoms with Gasteiger partial charge in [-0.2, -0.15) is 0 Å². The van der Waals surface area contributed by atoms with E-state index in [-0.39, 0.29) is 11.6 Å². The third kappa shape index (κ3) is 3.56. The maximum absolute atomic E-state index is 11.8. The van der Waals surface area contributed by atoms with Crippen molar-refractivity contribution in [3.8, 4) is 0 Å². The van der Waals surface area contributed by atoms with E-state index in [1.54, 1.807) is 6.07 Å². The molecule has 0 aliphatic rings. The van der Waals surface area contributed by atoms with E-state index >= 15 is 0 Å². The van der Waals surface area contributed by atoms with Gasteiger partial charge in [0, 0.05) is 18.4 Å². The molecule has 1 heterocycles. The Hall–Kier alpha value is -2.34. The Morgan fingerprint density at radius 2 is 2.21 bits per heavy atom. The first-order valence-electron chi connectivity index (χ1n) is 6.07. The molecule has 2 rings (SSSR count). The van der Waals surface area contributed by atoms with Crippen LogP contribution in [0.2, 0.25) is 0 Å². The van der Waals surface area contributed by atoms with Crippen LogP contribution in [0, 0.1) is 0 Å². The maximum atomic E-state index is 11.8. The summed E-state index contributed by atoms with van der Waals surface area (Å²) in [5.74, 6) is -0.348. The highest BCUT2D eigenvalue weighted by atomic mass is 16.2. The highest BCUT2D eigenvalue weighted by Gasteiger charge is 2.08. The summed E-state index contributed by atoms with van der Waals surface area (Å²) in [5.41, 5.74) is 1.60. The zero-order valence-electron chi connectivity index (χ0n) is 10.6. The molecule has 2 aromatic rings. The van der Waals surface area contributed by atoms with E-state index in [1.807, 2.05) is 25.1 Å². The predicted octanol–water partition coefficient (Wildman–Crippen LogP) is 1.06. The normalized spacial score (nSPS) is 10.4. The molecule has 19 heavy (non-hydrogen) atoms. The van der Waals surface area contributed by atoms with Gasteiger partial charge in [-0.25, -0.2) is 4.79 Å². The molecule has 1 amide bonds. The number of aromatic amines is 2. The lowest BCUT2D eigenvalue weighted by Gasteiger charge is -2.06. The van der Waals surface area contributed by atoms with Crippen LogP contribution < -0.4 is 16.3 Å². The van der Waals surface area contributed by atoms with Crippen molar-refractivity contribution in [2.24, 2.45) is 0 Å². The monoisotopic (exact) mass is 260 g/mol. The number of benzene rings is 1. The number of rotatable bonds is 5. The summed E-state index contributed by atoms with van der Waals surface area (Å²) in [5, 5.41) is 5.95. The van der Waals surface area contributed by atoms with Crippen LogP contribution in [0.25, 0.3) is 0 Å². The van der Waals surface area contributed by atoms with Crippen molar-refractivity contribution < 1.29 is 4.79 Å². The van der Waals surface area contributed by atoms with Gasteiger partial charge in [0.1, 0.15) is 5.69 Å². The number of amides is 1. The van der Waals surface area contributed by atoms with Crippen molar-refractivity contribution >= 4 is 11.6 Å². The third-order valence-corrected chi connectivity index (χ3v) is 2.60. The molecule has 100 valence electrons. The summed E-state index contributed by atoms with van der Waals surface area (Å²) in [6.45, 7) is 3.68. The number of aromatic nitrogens is 2. The van der Waals surface area contributed by atoms with Gasteiger partial charge in [0.2, 0.25) is 0 Å². The molecule has 0 saturated heterocycles. The van der Waals surface area contributed by atoms with Crippen molar-refractivity contribution in [2.45, 2.75) is 13.5 Å². The lowest BCUT2D eigenvalue weighted by atomic mass is 10.2. The minimum absolute atomic E-state index is 0.210. The Kier molecular flexibility index (Phi) is 4.15. The number of anilines is 1. The van der Waals surface area contributed by atoms with Gasteiger partial charge in [-0.1, -0.05) is 19.1 Å². The van der Waals surface area contributed by atoms with Crippen molar-refractivity contribution in [3.05, 3.63) is 52.2 Å². The minimum atomic E-state index is -0.397. The maximum Gasteiger partial charge on any atom is 0.323 e. The average molecular weight is 260 g/mol. The van der Waals surface area contributed by atoms with Gasteiger partial charge in [0.15, 0.2) is 0 Å². The average Bonchev–Trinajstić information content (AvgIpc) is 2.83. The Labute approximate surface area is 110 Å². The Balaban J connectivity index is 2.06. The predicted molar refractivity (Wildman–Crippen MR) is 73.2 cm³/mol. The van der Waals surface area contributed by atoms with E-state index < -0.39 is 5.69 Å². The van der Waals surface area contributed by atoms with Crippen LogP contribution in [-0.2, 0) is 6.54 Å². The van der Waals surface area contributed by atoms with Crippen LogP contribution in [0.1, 0.15) is 23.0 Å². The van der Waals surface area contributed by atoms with Gasteiger partial charge in [-0.3, -0.25) is 4.79 Å². The number of H-pyrrole nitrogens is 2. The van der Waals surface area contributed by atoms with E-state index in [0.29, 0.717) is 5.69 Å². The van der Waals surface area contributed by atoms with E-state index in [2.05, 4.69) is 20.6 Å². The van der Waals surface area contributed by atoms with Crippen LogP contribution in [0.5, 0.6) is 0 Å². The summed E-state index contributed by atoms with van der Waals surface area (Å²) in [7, 11) is 0. The van der Waals surface area contributed by atoms with E-state index in [0.717, 1.165) is 18.7 Å². The van der Waals surface area contributed by atoms with Gasteiger partial charge in [0.25, 0.3) is 5.91 Å².